The Morgan fingerprint density at radius 2 is 1.77 bits per heavy atom. The third-order valence-corrected chi connectivity index (χ3v) is 8.72. The van der Waals surface area contributed by atoms with Crippen LogP contribution in [0.4, 0.5) is 11.8 Å². The molecule has 1 N–H and O–H groups in total. The van der Waals surface area contributed by atoms with Crippen LogP contribution in [-0.2, 0) is 6.54 Å². The highest BCUT2D eigenvalue weighted by Crippen LogP contribution is 2.38. The molecule has 1 unspecified atom stereocenters. The van der Waals surface area contributed by atoms with Crippen molar-refractivity contribution in [3.8, 4) is 0 Å². The minimum Gasteiger partial charge on any atom is -0.365 e. The van der Waals surface area contributed by atoms with E-state index >= 15 is 0 Å². The van der Waals surface area contributed by atoms with Crippen LogP contribution in [0.2, 0.25) is 15.1 Å². The number of benzene rings is 1. The molecule has 8 heteroatoms. The molecule has 0 bridgehead atoms. The van der Waals surface area contributed by atoms with Gasteiger partial charge in [0.15, 0.2) is 5.82 Å². The van der Waals surface area contributed by atoms with Crippen molar-refractivity contribution in [1.29, 1.82) is 0 Å². The third-order valence-electron chi connectivity index (χ3n) is 7.68. The van der Waals surface area contributed by atoms with Gasteiger partial charge in [-0.25, -0.2) is 4.98 Å². The first-order valence-corrected chi connectivity index (χ1v) is 14.2. The van der Waals surface area contributed by atoms with Gasteiger partial charge in [-0.3, -0.25) is 0 Å². The molecule has 192 valence electrons. The van der Waals surface area contributed by atoms with Gasteiger partial charge >= 0.3 is 0 Å². The lowest BCUT2D eigenvalue weighted by atomic mass is 9.76. The molecule has 1 atom stereocenters. The normalized spacial score (nSPS) is 24.8. The number of piperidine rings is 1. The quantitative estimate of drug-likeness (QED) is 0.417. The second kappa shape index (κ2) is 11.9. The molecule has 0 radical (unpaired) electrons. The first kappa shape index (κ1) is 26.8. The Morgan fingerprint density at radius 3 is 2.46 bits per heavy atom. The lowest BCUT2D eigenvalue weighted by molar-refractivity contribution is 0.0294. The molecule has 3 heterocycles. The van der Waals surface area contributed by atoms with E-state index in [1.54, 1.807) is 6.07 Å². The van der Waals surface area contributed by atoms with Gasteiger partial charge in [0, 0.05) is 42.3 Å². The van der Waals surface area contributed by atoms with Crippen LogP contribution >= 0.6 is 34.8 Å². The molecule has 2 aromatic rings. The lowest BCUT2D eigenvalue weighted by Crippen LogP contribution is -2.56. The van der Waals surface area contributed by atoms with Crippen molar-refractivity contribution in [1.82, 2.24) is 14.9 Å². The maximum atomic E-state index is 6.52. The number of halogens is 3. The second-order valence-electron chi connectivity index (χ2n) is 10.2. The largest absolute Gasteiger partial charge is 0.365 e. The van der Waals surface area contributed by atoms with E-state index in [0.29, 0.717) is 27.4 Å². The fourth-order valence-corrected chi connectivity index (χ4v) is 6.16. The van der Waals surface area contributed by atoms with Crippen LogP contribution < -0.4 is 10.2 Å². The average Bonchev–Trinajstić information content (AvgIpc) is 2.80. The molecule has 5 nitrogen and oxygen atoms in total. The summed E-state index contributed by atoms with van der Waals surface area (Å²) in [5.41, 5.74) is 1.74. The topological polar surface area (TPSA) is 44.3 Å². The Kier molecular flexibility index (Phi) is 9.07. The Morgan fingerprint density at radius 1 is 1.03 bits per heavy atom. The first-order chi connectivity index (χ1) is 16.9. The molecular formula is C27H38Cl3N5. The van der Waals surface area contributed by atoms with Crippen LogP contribution in [0.5, 0.6) is 0 Å². The Bertz CT molecular complexity index is 1000. The predicted molar refractivity (Wildman–Crippen MR) is 149 cm³/mol. The van der Waals surface area contributed by atoms with Gasteiger partial charge in [-0.2, -0.15) is 4.98 Å². The summed E-state index contributed by atoms with van der Waals surface area (Å²) in [6.45, 7) is 13.5. The molecule has 2 saturated heterocycles. The summed E-state index contributed by atoms with van der Waals surface area (Å²) in [4.78, 5) is 14.5. The molecule has 3 aliphatic rings. The van der Waals surface area contributed by atoms with Gasteiger partial charge in [0.25, 0.3) is 0 Å². The number of nitrogens with one attached hydrogen (secondary N) is 1. The number of aryl methyl sites for hydroxylation is 1. The van der Waals surface area contributed by atoms with Crippen molar-refractivity contribution in [2.75, 3.05) is 36.4 Å². The number of anilines is 2. The molecule has 3 fully saturated rings. The summed E-state index contributed by atoms with van der Waals surface area (Å²) in [5.74, 6) is 3.85. The summed E-state index contributed by atoms with van der Waals surface area (Å²) in [5, 5.41) is 5.14. The summed E-state index contributed by atoms with van der Waals surface area (Å²) >= 11 is 18.9. The fourth-order valence-electron chi connectivity index (χ4n) is 5.54. The zero-order valence-corrected chi connectivity index (χ0v) is 23.6. The molecule has 1 aromatic heterocycles. The molecule has 35 heavy (non-hydrogen) atoms. The average molecular weight is 539 g/mol. The minimum absolute atomic E-state index is 0.520. The van der Waals surface area contributed by atoms with Crippen LogP contribution in [0.3, 0.4) is 0 Å². The van der Waals surface area contributed by atoms with E-state index < -0.39 is 0 Å². The highest BCUT2D eigenvalue weighted by atomic mass is 35.5. The van der Waals surface area contributed by atoms with Crippen LogP contribution in [0.1, 0.15) is 57.7 Å². The van der Waals surface area contributed by atoms with Crippen molar-refractivity contribution in [3.63, 3.8) is 0 Å². The first-order valence-electron chi connectivity index (χ1n) is 13.1. The van der Waals surface area contributed by atoms with Crippen LogP contribution in [0, 0.1) is 24.7 Å². The maximum Gasteiger partial charge on any atom is 0.227 e. The van der Waals surface area contributed by atoms with E-state index in [9.17, 15) is 0 Å². The van der Waals surface area contributed by atoms with Gasteiger partial charge in [-0.1, -0.05) is 61.6 Å². The number of hydrogen-bond acceptors (Lipinski definition) is 5. The van der Waals surface area contributed by atoms with Gasteiger partial charge < -0.3 is 15.1 Å². The van der Waals surface area contributed by atoms with E-state index in [0.717, 1.165) is 54.1 Å². The smallest absolute Gasteiger partial charge is 0.227 e. The molecule has 1 saturated carbocycles. The third kappa shape index (κ3) is 6.18. The van der Waals surface area contributed by atoms with Gasteiger partial charge in [0.2, 0.25) is 5.95 Å². The number of likely N-dealkylation sites (tertiary alicyclic amines) is 1. The molecule has 0 amide bonds. The molecule has 0 spiro atoms. The zero-order chi connectivity index (χ0) is 25.1. The molecule has 1 aliphatic carbocycles. The summed E-state index contributed by atoms with van der Waals surface area (Å²) in [7, 11) is 0. The summed E-state index contributed by atoms with van der Waals surface area (Å²) in [6.07, 6.45) is 5.47. The number of hydrogen-bond donors (Lipinski definition) is 1. The second-order valence-corrected chi connectivity index (χ2v) is 11.4. The summed E-state index contributed by atoms with van der Waals surface area (Å²) < 4.78 is 0. The SMILES string of the molecule is CC.Cc1nc(N2CC(C3CCCN(C4CC(C)C4)C3)C2)nc(NCc2ccc(Cl)cc2Cl)c1Cl. The van der Waals surface area contributed by atoms with E-state index in [1.807, 2.05) is 32.9 Å². The molecule has 5 rings (SSSR count). The number of aromatic nitrogens is 2. The zero-order valence-electron chi connectivity index (χ0n) is 21.3. The van der Waals surface area contributed by atoms with E-state index in [-0.39, 0.29) is 0 Å². The Hall–Kier alpha value is -1.27. The van der Waals surface area contributed by atoms with Crippen LogP contribution in [0.15, 0.2) is 18.2 Å². The Labute approximate surface area is 225 Å². The molecule has 2 aliphatic heterocycles. The van der Waals surface area contributed by atoms with E-state index in [1.165, 1.54) is 38.8 Å². The highest BCUT2D eigenvalue weighted by molar-refractivity contribution is 6.35. The van der Waals surface area contributed by atoms with Crippen LogP contribution in [-0.4, -0.2) is 47.1 Å². The van der Waals surface area contributed by atoms with Crippen molar-refractivity contribution in [3.05, 3.63) is 44.5 Å². The predicted octanol–water partition coefficient (Wildman–Crippen LogP) is 7.33. The van der Waals surface area contributed by atoms with Crippen molar-refractivity contribution < 1.29 is 0 Å². The van der Waals surface area contributed by atoms with Gasteiger partial charge in [0.1, 0.15) is 5.02 Å². The lowest BCUT2D eigenvalue weighted by Gasteiger charge is -2.50. The van der Waals surface area contributed by atoms with E-state index in [2.05, 4.69) is 27.0 Å². The van der Waals surface area contributed by atoms with E-state index in [4.69, 9.17) is 39.8 Å². The van der Waals surface area contributed by atoms with Crippen LogP contribution in [0.25, 0.3) is 0 Å². The standard InChI is InChI=1S/C25H32Cl3N5.C2H6/c1-15-8-21(9-15)32-7-3-4-18(12-32)19-13-33(14-19)25-30-16(2)23(28)24(31-25)29-11-17-5-6-20(26)10-22(17)27;1-2/h5-6,10,15,18-19,21H,3-4,7-9,11-14H2,1-2H3,(H,29,30,31);1-2H3. The number of nitrogens with zero attached hydrogens (tertiary/aromatic N) is 4. The van der Waals surface area contributed by atoms with Gasteiger partial charge in [-0.15, -0.1) is 0 Å². The van der Waals surface area contributed by atoms with Gasteiger partial charge in [0.05, 0.1) is 5.69 Å². The van der Waals surface area contributed by atoms with Gasteiger partial charge in [-0.05, 0) is 74.6 Å². The van der Waals surface area contributed by atoms with Crippen molar-refractivity contribution in [2.24, 2.45) is 17.8 Å². The highest BCUT2D eigenvalue weighted by Gasteiger charge is 2.40. The Balaban J connectivity index is 0.00000141. The fraction of sp³-hybridized carbons (Fsp3) is 0.630. The molecular weight excluding hydrogens is 501 g/mol. The van der Waals surface area contributed by atoms with Crippen molar-refractivity contribution in [2.45, 2.75) is 66.0 Å². The molecule has 1 aromatic carbocycles. The maximum absolute atomic E-state index is 6.52. The number of rotatable bonds is 6. The van der Waals surface area contributed by atoms with Crippen molar-refractivity contribution >= 4 is 46.6 Å². The minimum atomic E-state index is 0.520. The summed E-state index contributed by atoms with van der Waals surface area (Å²) in [6, 6.07) is 6.33. The monoisotopic (exact) mass is 537 g/mol.